The van der Waals surface area contributed by atoms with Gasteiger partial charge in [-0.2, -0.15) is 18.4 Å². The summed E-state index contributed by atoms with van der Waals surface area (Å²) in [6.45, 7) is 1.39. The van der Waals surface area contributed by atoms with Gasteiger partial charge in [0.05, 0.1) is 6.07 Å². The van der Waals surface area contributed by atoms with E-state index in [0.717, 1.165) is 0 Å². The topological polar surface area (TPSA) is 96.0 Å². The van der Waals surface area contributed by atoms with Crippen molar-refractivity contribution in [2.75, 3.05) is 0 Å². The van der Waals surface area contributed by atoms with Crippen molar-refractivity contribution in [2.45, 2.75) is 13.0 Å². The molecule has 0 fully saturated rings. The van der Waals surface area contributed by atoms with E-state index in [1.54, 1.807) is 6.07 Å². The quantitative estimate of drug-likeness (QED) is 0.510. The number of nitrogens with one attached hydrogen (secondary N) is 1. The molecule has 0 rings (SSSR count). The van der Waals surface area contributed by atoms with Crippen LogP contribution >= 0.6 is 0 Å². The van der Waals surface area contributed by atoms with Crippen LogP contribution in [0.25, 0.3) is 0 Å². The first kappa shape index (κ1) is 8.36. The van der Waals surface area contributed by atoms with Gasteiger partial charge in [0.1, 0.15) is 6.04 Å². The summed E-state index contributed by atoms with van der Waals surface area (Å²) in [5, 5.41) is 12.6. The third kappa shape index (κ3) is 5.23. The molecular formula is C3H7N3O2S. The molecule has 6 heteroatoms. The molecule has 0 aliphatic rings. The molecule has 1 unspecified atom stereocenters. The minimum atomic E-state index is -3.71. The Bertz CT molecular complexity index is 214. The molecule has 0 bridgehead atoms. The lowest BCUT2D eigenvalue weighted by Gasteiger charge is -1.99. The number of rotatable bonds is 2. The molecule has 0 heterocycles. The molecule has 5 nitrogen and oxygen atoms in total. The van der Waals surface area contributed by atoms with Gasteiger partial charge >= 0.3 is 0 Å². The molecule has 0 aromatic rings. The van der Waals surface area contributed by atoms with Crippen molar-refractivity contribution >= 4 is 10.2 Å². The molecule has 0 aromatic heterocycles. The number of hydrogen-bond acceptors (Lipinski definition) is 3. The summed E-state index contributed by atoms with van der Waals surface area (Å²) in [7, 11) is -3.71. The third-order valence-electron chi connectivity index (χ3n) is 0.535. The second kappa shape index (κ2) is 2.77. The Balaban J connectivity index is 3.94. The fourth-order valence-corrected chi connectivity index (χ4v) is 0.818. The molecule has 9 heavy (non-hydrogen) atoms. The number of nitrogens with zero attached hydrogens (tertiary/aromatic N) is 1. The van der Waals surface area contributed by atoms with E-state index >= 15 is 0 Å². The molecule has 0 radical (unpaired) electrons. The highest BCUT2D eigenvalue weighted by atomic mass is 32.2. The predicted octanol–water partition coefficient (Wildman–Crippen LogP) is -1.31. The minimum absolute atomic E-state index is 0.764. The van der Waals surface area contributed by atoms with Crippen LogP contribution in [-0.4, -0.2) is 14.5 Å². The van der Waals surface area contributed by atoms with Gasteiger partial charge in [0.2, 0.25) is 0 Å². The second-order valence-electron chi connectivity index (χ2n) is 1.51. The lowest BCUT2D eigenvalue weighted by molar-refractivity contribution is 0.579. The van der Waals surface area contributed by atoms with Crippen LogP contribution in [0.4, 0.5) is 0 Å². The fraction of sp³-hybridized carbons (Fsp3) is 0.667. The summed E-state index contributed by atoms with van der Waals surface area (Å²) in [5.41, 5.74) is 0. The SMILES string of the molecule is CC(C#N)NS(N)(=O)=O. The Kier molecular flexibility index (Phi) is 2.58. The van der Waals surface area contributed by atoms with Gasteiger partial charge in [-0.05, 0) is 6.92 Å². The maximum absolute atomic E-state index is 10.1. The molecule has 0 saturated heterocycles. The average Bonchev–Trinajstić information content (AvgIpc) is 1.62. The van der Waals surface area contributed by atoms with Crippen LogP contribution in [0, 0.1) is 11.3 Å². The zero-order chi connectivity index (χ0) is 7.49. The summed E-state index contributed by atoms with van der Waals surface area (Å²) in [4.78, 5) is 0. The van der Waals surface area contributed by atoms with E-state index in [-0.39, 0.29) is 0 Å². The molecule has 0 aliphatic carbocycles. The van der Waals surface area contributed by atoms with Crippen LogP contribution in [0.1, 0.15) is 6.92 Å². The summed E-state index contributed by atoms with van der Waals surface area (Å²) in [6.07, 6.45) is 0. The van der Waals surface area contributed by atoms with Gasteiger partial charge in [-0.3, -0.25) is 0 Å². The number of nitriles is 1. The standard InChI is InChI=1S/C3H7N3O2S/c1-3(2-4)6-9(5,7)8/h3,6H,1H3,(H2,5,7,8). The van der Waals surface area contributed by atoms with E-state index in [9.17, 15) is 8.42 Å². The van der Waals surface area contributed by atoms with Crippen molar-refractivity contribution in [1.82, 2.24) is 4.72 Å². The molecule has 0 aromatic carbocycles. The first-order valence-corrected chi connectivity index (χ1v) is 3.70. The van der Waals surface area contributed by atoms with Crippen LogP contribution < -0.4 is 9.86 Å². The van der Waals surface area contributed by atoms with Gasteiger partial charge in [-0.15, -0.1) is 0 Å². The summed E-state index contributed by atoms with van der Waals surface area (Å²) < 4.78 is 22.1. The molecule has 0 spiro atoms. The van der Waals surface area contributed by atoms with Crippen molar-refractivity contribution in [3.05, 3.63) is 0 Å². The highest BCUT2D eigenvalue weighted by Crippen LogP contribution is 1.77. The van der Waals surface area contributed by atoms with Gasteiger partial charge in [0.25, 0.3) is 10.2 Å². The Hall–Kier alpha value is -0.640. The highest BCUT2D eigenvalue weighted by Gasteiger charge is 2.05. The van der Waals surface area contributed by atoms with Crippen LogP contribution in [0.15, 0.2) is 0 Å². The first-order chi connectivity index (χ1) is 3.95. The molecule has 0 saturated carbocycles. The van der Waals surface area contributed by atoms with E-state index in [0.29, 0.717) is 0 Å². The first-order valence-electron chi connectivity index (χ1n) is 2.15. The van der Waals surface area contributed by atoms with Crippen molar-refractivity contribution < 1.29 is 8.42 Å². The lowest BCUT2D eigenvalue weighted by Crippen LogP contribution is -2.36. The Morgan fingerprint density at radius 2 is 2.22 bits per heavy atom. The third-order valence-corrected chi connectivity index (χ3v) is 1.22. The zero-order valence-electron chi connectivity index (χ0n) is 4.83. The number of nitrogens with two attached hydrogens (primary N) is 1. The largest absolute Gasteiger partial charge is 0.275 e. The predicted molar refractivity (Wildman–Crippen MR) is 31.3 cm³/mol. The molecule has 0 amide bonds. The van der Waals surface area contributed by atoms with Crippen molar-refractivity contribution in [3.63, 3.8) is 0 Å². The molecular weight excluding hydrogens is 142 g/mol. The van der Waals surface area contributed by atoms with Crippen molar-refractivity contribution in [3.8, 4) is 6.07 Å². The van der Waals surface area contributed by atoms with Crippen LogP contribution in [0.5, 0.6) is 0 Å². The summed E-state index contributed by atoms with van der Waals surface area (Å²) in [6, 6.07) is 0.887. The molecule has 0 aliphatic heterocycles. The van der Waals surface area contributed by atoms with Crippen molar-refractivity contribution in [2.24, 2.45) is 5.14 Å². The molecule has 1 atom stereocenters. The minimum Gasteiger partial charge on any atom is -0.216 e. The lowest BCUT2D eigenvalue weighted by atomic mass is 10.4. The summed E-state index contributed by atoms with van der Waals surface area (Å²) >= 11 is 0. The van der Waals surface area contributed by atoms with Crippen LogP contribution in [-0.2, 0) is 10.2 Å². The van der Waals surface area contributed by atoms with E-state index in [4.69, 9.17) is 5.26 Å². The maximum atomic E-state index is 10.1. The van der Waals surface area contributed by atoms with Gasteiger partial charge in [0.15, 0.2) is 0 Å². The second-order valence-corrected chi connectivity index (χ2v) is 2.84. The monoisotopic (exact) mass is 149 g/mol. The van der Waals surface area contributed by atoms with Gasteiger partial charge < -0.3 is 0 Å². The van der Waals surface area contributed by atoms with Crippen molar-refractivity contribution in [1.29, 1.82) is 5.26 Å². The Morgan fingerprint density at radius 3 is 2.33 bits per heavy atom. The van der Waals surface area contributed by atoms with E-state index in [1.165, 1.54) is 6.92 Å². The van der Waals surface area contributed by atoms with Crippen LogP contribution in [0.3, 0.4) is 0 Å². The van der Waals surface area contributed by atoms with Gasteiger partial charge in [-0.25, -0.2) is 5.14 Å². The average molecular weight is 149 g/mol. The smallest absolute Gasteiger partial charge is 0.216 e. The molecule has 3 N–H and O–H groups in total. The highest BCUT2D eigenvalue weighted by molar-refractivity contribution is 7.87. The maximum Gasteiger partial charge on any atom is 0.275 e. The zero-order valence-corrected chi connectivity index (χ0v) is 5.64. The molecule has 52 valence electrons. The van der Waals surface area contributed by atoms with Gasteiger partial charge in [-0.1, -0.05) is 0 Å². The normalized spacial score (nSPS) is 14.3. The van der Waals surface area contributed by atoms with Crippen LogP contribution in [0.2, 0.25) is 0 Å². The van der Waals surface area contributed by atoms with E-state index in [1.807, 2.05) is 4.72 Å². The van der Waals surface area contributed by atoms with Gasteiger partial charge in [0, 0.05) is 0 Å². The fourth-order valence-electron chi connectivity index (χ4n) is 0.273. The Morgan fingerprint density at radius 1 is 1.78 bits per heavy atom. The van der Waals surface area contributed by atoms with E-state index in [2.05, 4.69) is 5.14 Å². The number of hydrogen-bond donors (Lipinski definition) is 2. The summed E-state index contributed by atoms with van der Waals surface area (Å²) in [5.74, 6) is 0. The van der Waals surface area contributed by atoms with E-state index < -0.39 is 16.3 Å². The Labute approximate surface area is 53.6 Å².